The molecule has 1 atom stereocenters. The number of benzene rings is 2. The molecule has 2 amide bonds. The van der Waals surface area contributed by atoms with Crippen molar-refractivity contribution in [2.24, 2.45) is 7.05 Å². The molecule has 1 aromatic heterocycles. The molecule has 0 fully saturated rings. The zero-order valence-electron chi connectivity index (χ0n) is 27.9. The van der Waals surface area contributed by atoms with Crippen molar-refractivity contribution >= 4 is 23.8 Å². The van der Waals surface area contributed by atoms with Gasteiger partial charge in [-0.05, 0) is 86.7 Å². The smallest absolute Gasteiger partial charge is 0.416 e. The number of halogens is 9. The highest BCUT2D eigenvalue weighted by Crippen LogP contribution is 2.44. The Morgan fingerprint density at radius 3 is 2.10 bits per heavy atom. The molecule has 280 valence electrons. The van der Waals surface area contributed by atoms with Gasteiger partial charge in [0.25, 0.3) is 5.95 Å². The summed E-state index contributed by atoms with van der Waals surface area (Å²) in [4.78, 5) is 28.5. The zero-order chi connectivity index (χ0) is 38.1. The Labute approximate surface area is 285 Å². The number of alkyl carbamates (subject to hydrolysis) is 1. The number of anilines is 2. The lowest BCUT2D eigenvalue weighted by molar-refractivity contribution is -0.143. The Morgan fingerprint density at radius 2 is 1.57 bits per heavy atom. The van der Waals surface area contributed by atoms with E-state index in [9.17, 15) is 49.1 Å². The normalized spacial score (nSPS) is 15.6. The molecule has 0 spiro atoms. The van der Waals surface area contributed by atoms with Crippen LogP contribution in [0.5, 0.6) is 0 Å². The molecule has 51 heavy (non-hydrogen) atoms. The fraction of sp³-hybridized carbons (Fsp3) is 0.516. The minimum atomic E-state index is -5.14. The van der Waals surface area contributed by atoms with E-state index in [2.05, 4.69) is 20.7 Å². The Bertz CT molecular complexity index is 1700. The fourth-order valence-corrected chi connectivity index (χ4v) is 5.46. The van der Waals surface area contributed by atoms with E-state index in [1.165, 1.54) is 18.9 Å². The van der Waals surface area contributed by atoms with Crippen molar-refractivity contribution in [1.29, 1.82) is 0 Å². The van der Waals surface area contributed by atoms with Gasteiger partial charge in [0.15, 0.2) is 0 Å². The highest BCUT2D eigenvalue weighted by molar-refractivity contribution is 5.89. The van der Waals surface area contributed by atoms with Crippen LogP contribution < -0.4 is 15.1 Å². The summed E-state index contributed by atoms with van der Waals surface area (Å²) < 4.78 is 135. The number of ether oxygens (including phenoxy) is 2. The highest BCUT2D eigenvalue weighted by atomic mass is 19.4. The fourth-order valence-electron chi connectivity index (χ4n) is 5.46. The maximum absolute atomic E-state index is 14.2. The Kier molecular flexibility index (Phi) is 11.1. The second kappa shape index (κ2) is 14.5. The van der Waals surface area contributed by atoms with Crippen LogP contribution >= 0.6 is 0 Å². The van der Waals surface area contributed by atoms with E-state index >= 15 is 0 Å². The molecule has 2 heterocycles. The van der Waals surface area contributed by atoms with Crippen LogP contribution in [0, 0.1) is 6.92 Å². The van der Waals surface area contributed by atoms with E-state index in [1.54, 1.807) is 20.8 Å². The predicted molar refractivity (Wildman–Crippen MR) is 163 cm³/mol. The molecule has 0 radical (unpaired) electrons. The first-order chi connectivity index (χ1) is 23.4. The molecule has 1 N–H and O–H groups in total. The van der Waals surface area contributed by atoms with Crippen LogP contribution in [-0.2, 0) is 41.6 Å². The molecule has 11 nitrogen and oxygen atoms in total. The number of rotatable bonds is 7. The van der Waals surface area contributed by atoms with Crippen LogP contribution in [0.25, 0.3) is 0 Å². The minimum Gasteiger partial charge on any atom is -0.447 e. The molecule has 1 unspecified atom stereocenters. The van der Waals surface area contributed by atoms with E-state index in [4.69, 9.17) is 9.47 Å². The molecule has 3 aromatic rings. The molecule has 0 aliphatic carbocycles. The van der Waals surface area contributed by atoms with Crippen LogP contribution in [0.15, 0.2) is 30.3 Å². The van der Waals surface area contributed by atoms with E-state index in [0.29, 0.717) is 12.1 Å². The summed E-state index contributed by atoms with van der Waals surface area (Å²) in [5.41, 5.74) is -5.96. The molecule has 20 heteroatoms. The maximum Gasteiger partial charge on any atom is 0.416 e. The van der Waals surface area contributed by atoms with Crippen LogP contribution in [0.3, 0.4) is 0 Å². The number of tetrazole rings is 1. The predicted octanol–water partition coefficient (Wildman–Crippen LogP) is 7.58. The molecule has 0 bridgehead atoms. The van der Waals surface area contributed by atoms with E-state index in [1.807, 2.05) is 0 Å². The summed E-state index contributed by atoms with van der Waals surface area (Å²) in [6.45, 7) is 4.63. The van der Waals surface area contributed by atoms with Crippen molar-refractivity contribution in [2.75, 3.05) is 29.5 Å². The first-order valence-electron chi connectivity index (χ1n) is 15.4. The third kappa shape index (κ3) is 9.93. The number of nitrogens with zero attached hydrogens (tertiary/aromatic N) is 6. The number of hydrogen-bond donors (Lipinski definition) is 1. The summed E-state index contributed by atoms with van der Waals surface area (Å²) in [6, 6.07) is 1.84. The SMILES string of the molecule is Cc1cc2c(cc1C(F)(F)F)N(C(=O)OCCNC(=O)OC(C)(C)C)CCCC2N(Cc1cc(C(F)(F)F)cc(C(F)(F)F)c1)c1nnn(C)n1. The Balaban J connectivity index is 1.77. The standard InChI is InChI=1S/C31H34F9N7O4/c1-17-11-21-23(47(25-42-44-45(5)43-25)16-18-12-19(29(32,33)34)14-20(13-18)30(35,36)37)7-6-9-46(24(21)15-22(17)31(38,39)40)27(49)50-10-8-41-26(48)51-28(2,3)4/h11-15,23H,6-10,16H2,1-5H3,(H,41,48). The Morgan fingerprint density at radius 1 is 0.941 bits per heavy atom. The first kappa shape index (κ1) is 39.0. The van der Waals surface area contributed by atoms with E-state index < -0.39 is 77.8 Å². The average molecular weight is 740 g/mol. The minimum absolute atomic E-state index is 0.0239. The first-order valence-corrected chi connectivity index (χ1v) is 15.4. The van der Waals surface area contributed by atoms with Crippen molar-refractivity contribution in [3.05, 3.63) is 63.7 Å². The van der Waals surface area contributed by atoms with Gasteiger partial charge in [0.05, 0.1) is 42.0 Å². The summed E-state index contributed by atoms with van der Waals surface area (Å²) in [5.74, 6) is -0.249. The van der Waals surface area contributed by atoms with Crippen LogP contribution in [0.2, 0.25) is 0 Å². The molecule has 0 saturated carbocycles. The van der Waals surface area contributed by atoms with E-state index in [0.717, 1.165) is 21.8 Å². The number of alkyl halides is 9. The molecule has 4 rings (SSSR count). The van der Waals surface area contributed by atoms with Crippen LogP contribution in [0.4, 0.5) is 60.7 Å². The number of carbonyl (C=O) groups excluding carboxylic acids is 2. The lowest BCUT2D eigenvalue weighted by atomic mass is 9.94. The number of fused-ring (bicyclic) bond motifs is 1. The molecular formula is C31H34F9N7O4. The summed E-state index contributed by atoms with van der Waals surface area (Å²) in [7, 11) is 1.36. The second-order valence-electron chi connectivity index (χ2n) is 12.7. The molecule has 2 aromatic carbocycles. The van der Waals surface area contributed by atoms with Crippen molar-refractivity contribution < 1.29 is 58.6 Å². The Hall–Kier alpha value is -4.78. The van der Waals surface area contributed by atoms with Gasteiger partial charge in [-0.3, -0.25) is 4.90 Å². The van der Waals surface area contributed by atoms with Gasteiger partial charge in [-0.25, -0.2) is 9.59 Å². The largest absolute Gasteiger partial charge is 0.447 e. The van der Waals surface area contributed by atoms with Crippen molar-refractivity contribution in [1.82, 2.24) is 25.5 Å². The third-order valence-corrected chi connectivity index (χ3v) is 7.54. The van der Waals surface area contributed by atoms with Crippen LogP contribution in [0.1, 0.15) is 73.0 Å². The molecule has 0 saturated heterocycles. The lowest BCUT2D eigenvalue weighted by Crippen LogP contribution is -2.37. The monoisotopic (exact) mass is 739 g/mol. The number of aryl methyl sites for hydroxylation is 2. The van der Waals surface area contributed by atoms with Crippen molar-refractivity contribution in [2.45, 2.75) is 77.3 Å². The van der Waals surface area contributed by atoms with Gasteiger partial charge in [-0.15, -0.1) is 5.10 Å². The molecular weight excluding hydrogens is 705 g/mol. The van der Waals surface area contributed by atoms with Gasteiger partial charge in [0.2, 0.25) is 0 Å². The van der Waals surface area contributed by atoms with Gasteiger partial charge in [0.1, 0.15) is 12.2 Å². The van der Waals surface area contributed by atoms with Gasteiger partial charge in [-0.1, -0.05) is 11.2 Å². The van der Waals surface area contributed by atoms with Gasteiger partial charge in [0, 0.05) is 13.1 Å². The average Bonchev–Trinajstić information content (AvgIpc) is 3.33. The zero-order valence-corrected chi connectivity index (χ0v) is 27.9. The topological polar surface area (TPSA) is 115 Å². The van der Waals surface area contributed by atoms with Gasteiger partial charge >= 0.3 is 30.7 Å². The maximum atomic E-state index is 14.2. The second-order valence-corrected chi connectivity index (χ2v) is 12.7. The number of nitrogens with one attached hydrogen (secondary N) is 1. The van der Waals surface area contributed by atoms with E-state index in [-0.39, 0.29) is 54.8 Å². The lowest BCUT2D eigenvalue weighted by Gasteiger charge is -2.33. The highest BCUT2D eigenvalue weighted by Gasteiger charge is 2.40. The van der Waals surface area contributed by atoms with Gasteiger partial charge in [-0.2, -0.15) is 44.3 Å². The van der Waals surface area contributed by atoms with Gasteiger partial charge < -0.3 is 19.7 Å². The molecule has 1 aliphatic rings. The number of aromatic nitrogens is 4. The summed E-state index contributed by atoms with van der Waals surface area (Å²) in [6.07, 6.45) is -16.9. The number of hydrogen-bond acceptors (Lipinski definition) is 8. The summed E-state index contributed by atoms with van der Waals surface area (Å²) >= 11 is 0. The number of amides is 2. The third-order valence-electron chi connectivity index (χ3n) is 7.54. The van der Waals surface area contributed by atoms with Crippen LogP contribution in [-0.4, -0.2) is 57.7 Å². The quantitative estimate of drug-likeness (QED) is 0.195. The molecule has 1 aliphatic heterocycles. The van der Waals surface area contributed by atoms with Crippen molar-refractivity contribution in [3.63, 3.8) is 0 Å². The number of carbonyl (C=O) groups is 2. The van der Waals surface area contributed by atoms with Crippen molar-refractivity contribution in [3.8, 4) is 0 Å². The summed E-state index contributed by atoms with van der Waals surface area (Å²) in [5, 5.41) is 14.1.